The van der Waals surface area contributed by atoms with E-state index in [9.17, 15) is 4.79 Å². The van der Waals surface area contributed by atoms with Crippen LogP contribution >= 0.6 is 0 Å². The first-order valence-electron chi connectivity index (χ1n) is 9.15. The lowest BCUT2D eigenvalue weighted by Gasteiger charge is -2.33. The van der Waals surface area contributed by atoms with Crippen LogP contribution in [0.2, 0.25) is 0 Å². The standard InChI is InChI=1S/C19H27N5O2/c1-15-5-3-4-6-17(15)7-8-20-18(25)13-23-9-11-24(12-10-23)14-19-21-16(2)22-26-19/h3-6H,7-14H2,1-2H3,(H,20,25). The van der Waals surface area contributed by atoms with Gasteiger partial charge in [-0.1, -0.05) is 29.4 Å². The van der Waals surface area contributed by atoms with Gasteiger partial charge in [-0.2, -0.15) is 4.98 Å². The average molecular weight is 357 g/mol. The quantitative estimate of drug-likeness (QED) is 0.802. The molecule has 0 unspecified atom stereocenters. The van der Waals surface area contributed by atoms with E-state index in [-0.39, 0.29) is 5.91 Å². The van der Waals surface area contributed by atoms with Crippen LogP contribution in [-0.2, 0) is 17.8 Å². The van der Waals surface area contributed by atoms with Crippen molar-refractivity contribution in [2.24, 2.45) is 0 Å². The molecule has 0 bridgehead atoms. The van der Waals surface area contributed by atoms with E-state index in [1.807, 2.05) is 19.1 Å². The minimum absolute atomic E-state index is 0.0968. The summed E-state index contributed by atoms with van der Waals surface area (Å²) in [6.45, 7) is 9.29. The van der Waals surface area contributed by atoms with Gasteiger partial charge in [0.15, 0.2) is 5.82 Å². The first-order chi connectivity index (χ1) is 12.6. The Bertz CT molecular complexity index is 722. The predicted octanol–water partition coefficient (Wildman–Crippen LogP) is 1.16. The molecule has 26 heavy (non-hydrogen) atoms. The second-order valence-corrected chi connectivity index (χ2v) is 6.81. The van der Waals surface area contributed by atoms with Crippen LogP contribution in [0.25, 0.3) is 0 Å². The monoisotopic (exact) mass is 357 g/mol. The molecule has 0 aliphatic carbocycles. The van der Waals surface area contributed by atoms with E-state index in [1.165, 1.54) is 11.1 Å². The maximum atomic E-state index is 12.2. The van der Waals surface area contributed by atoms with Crippen molar-refractivity contribution >= 4 is 5.91 Å². The molecule has 1 saturated heterocycles. The van der Waals surface area contributed by atoms with E-state index in [0.29, 0.717) is 31.3 Å². The Balaban J connectivity index is 1.33. The third kappa shape index (κ3) is 5.37. The third-order valence-corrected chi connectivity index (χ3v) is 4.74. The second-order valence-electron chi connectivity index (χ2n) is 6.81. The van der Waals surface area contributed by atoms with Gasteiger partial charge in [0.1, 0.15) is 0 Å². The van der Waals surface area contributed by atoms with Crippen LogP contribution in [0.3, 0.4) is 0 Å². The largest absolute Gasteiger partial charge is 0.355 e. The number of benzene rings is 1. The summed E-state index contributed by atoms with van der Waals surface area (Å²) in [5, 5.41) is 6.85. The minimum atomic E-state index is 0.0968. The van der Waals surface area contributed by atoms with E-state index >= 15 is 0 Å². The van der Waals surface area contributed by atoms with Gasteiger partial charge >= 0.3 is 0 Å². The lowest BCUT2D eigenvalue weighted by Crippen LogP contribution is -2.49. The Labute approximate surface area is 154 Å². The Morgan fingerprint density at radius 2 is 1.88 bits per heavy atom. The summed E-state index contributed by atoms with van der Waals surface area (Å²) >= 11 is 0. The molecule has 140 valence electrons. The summed E-state index contributed by atoms with van der Waals surface area (Å²) in [4.78, 5) is 20.9. The lowest BCUT2D eigenvalue weighted by atomic mass is 10.1. The number of carbonyl (C=O) groups excluding carboxylic acids is 1. The van der Waals surface area contributed by atoms with Crippen LogP contribution in [0.1, 0.15) is 22.8 Å². The summed E-state index contributed by atoms with van der Waals surface area (Å²) < 4.78 is 5.17. The number of nitrogens with one attached hydrogen (secondary N) is 1. The number of hydrogen-bond acceptors (Lipinski definition) is 6. The predicted molar refractivity (Wildman–Crippen MR) is 98.6 cm³/mol. The van der Waals surface area contributed by atoms with Gasteiger partial charge in [-0.3, -0.25) is 14.6 Å². The molecule has 0 saturated carbocycles. The molecule has 1 aromatic heterocycles. The summed E-state index contributed by atoms with van der Waals surface area (Å²) in [5.74, 6) is 1.42. The molecule has 0 radical (unpaired) electrons. The van der Waals surface area contributed by atoms with Crippen molar-refractivity contribution in [1.29, 1.82) is 0 Å². The van der Waals surface area contributed by atoms with Crippen LogP contribution < -0.4 is 5.32 Å². The number of aromatic nitrogens is 2. The minimum Gasteiger partial charge on any atom is -0.355 e. The Morgan fingerprint density at radius 3 is 2.58 bits per heavy atom. The van der Waals surface area contributed by atoms with E-state index < -0.39 is 0 Å². The van der Waals surface area contributed by atoms with Crippen LogP contribution in [-0.4, -0.2) is 65.1 Å². The highest BCUT2D eigenvalue weighted by molar-refractivity contribution is 5.78. The van der Waals surface area contributed by atoms with E-state index in [2.05, 4.69) is 44.3 Å². The molecule has 2 aromatic rings. The molecule has 1 N–H and O–H groups in total. The normalized spacial score (nSPS) is 15.9. The number of hydrogen-bond donors (Lipinski definition) is 1. The van der Waals surface area contributed by atoms with Crippen molar-refractivity contribution < 1.29 is 9.32 Å². The maximum absolute atomic E-state index is 12.2. The van der Waals surface area contributed by atoms with Gasteiger partial charge in [0.05, 0.1) is 13.1 Å². The molecule has 7 nitrogen and oxygen atoms in total. The molecule has 0 atom stereocenters. The zero-order valence-corrected chi connectivity index (χ0v) is 15.6. The molecule has 3 rings (SSSR count). The molecule has 0 spiro atoms. The number of rotatable bonds is 7. The van der Waals surface area contributed by atoms with Crippen molar-refractivity contribution in [3.05, 3.63) is 47.1 Å². The molecule has 7 heteroatoms. The zero-order chi connectivity index (χ0) is 18.4. The topological polar surface area (TPSA) is 74.5 Å². The number of aryl methyl sites for hydroxylation is 2. The number of nitrogens with zero attached hydrogens (tertiary/aromatic N) is 4. The average Bonchev–Trinajstić information content (AvgIpc) is 3.03. The molecular formula is C19H27N5O2. The van der Waals surface area contributed by atoms with Gasteiger partial charge in [0.2, 0.25) is 11.8 Å². The Morgan fingerprint density at radius 1 is 1.15 bits per heavy atom. The van der Waals surface area contributed by atoms with Crippen LogP contribution in [0.4, 0.5) is 0 Å². The molecule has 2 heterocycles. The van der Waals surface area contributed by atoms with Gasteiger partial charge in [-0.05, 0) is 31.4 Å². The molecule has 1 fully saturated rings. The zero-order valence-electron chi connectivity index (χ0n) is 15.6. The van der Waals surface area contributed by atoms with Gasteiger partial charge in [-0.15, -0.1) is 0 Å². The summed E-state index contributed by atoms with van der Waals surface area (Å²) in [7, 11) is 0. The molecular weight excluding hydrogens is 330 g/mol. The molecule has 1 aliphatic rings. The fraction of sp³-hybridized carbons (Fsp3) is 0.526. The third-order valence-electron chi connectivity index (χ3n) is 4.74. The number of piperazine rings is 1. The Kier molecular flexibility index (Phi) is 6.35. The molecule has 1 amide bonds. The highest BCUT2D eigenvalue weighted by Gasteiger charge is 2.20. The second kappa shape index (κ2) is 8.91. The number of carbonyl (C=O) groups is 1. The SMILES string of the molecule is Cc1noc(CN2CCN(CC(=O)NCCc3ccccc3C)CC2)n1. The summed E-state index contributed by atoms with van der Waals surface area (Å²) in [6.07, 6.45) is 0.871. The van der Waals surface area contributed by atoms with Gasteiger partial charge in [0, 0.05) is 32.7 Å². The summed E-state index contributed by atoms with van der Waals surface area (Å²) in [6, 6.07) is 8.30. The van der Waals surface area contributed by atoms with Crippen molar-refractivity contribution in [1.82, 2.24) is 25.3 Å². The van der Waals surface area contributed by atoms with Crippen molar-refractivity contribution in [3.8, 4) is 0 Å². The first kappa shape index (κ1) is 18.5. The van der Waals surface area contributed by atoms with Crippen molar-refractivity contribution in [3.63, 3.8) is 0 Å². The van der Waals surface area contributed by atoms with E-state index in [0.717, 1.165) is 32.6 Å². The van der Waals surface area contributed by atoms with Crippen LogP contribution in [0.15, 0.2) is 28.8 Å². The lowest BCUT2D eigenvalue weighted by molar-refractivity contribution is -0.122. The van der Waals surface area contributed by atoms with E-state index in [4.69, 9.17) is 4.52 Å². The number of amides is 1. The smallest absolute Gasteiger partial charge is 0.240 e. The van der Waals surface area contributed by atoms with Gasteiger partial charge in [0.25, 0.3) is 0 Å². The first-order valence-corrected chi connectivity index (χ1v) is 9.15. The fourth-order valence-corrected chi connectivity index (χ4v) is 3.19. The van der Waals surface area contributed by atoms with Gasteiger partial charge in [-0.25, -0.2) is 0 Å². The summed E-state index contributed by atoms with van der Waals surface area (Å²) in [5.41, 5.74) is 2.56. The molecule has 1 aromatic carbocycles. The van der Waals surface area contributed by atoms with E-state index in [1.54, 1.807) is 0 Å². The highest BCUT2D eigenvalue weighted by atomic mass is 16.5. The van der Waals surface area contributed by atoms with Crippen LogP contribution in [0, 0.1) is 13.8 Å². The van der Waals surface area contributed by atoms with Gasteiger partial charge < -0.3 is 9.84 Å². The van der Waals surface area contributed by atoms with Crippen molar-refractivity contribution in [2.75, 3.05) is 39.3 Å². The highest BCUT2D eigenvalue weighted by Crippen LogP contribution is 2.08. The maximum Gasteiger partial charge on any atom is 0.240 e. The van der Waals surface area contributed by atoms with Crippen LogP contribution in [0.5, 0.6) is 0 Å². The Hall–Kier alpha value is -2.25. The molecule has 1 aliphatic heterocycles. The van der Waals surface area contributed by atoms with Crippen molar-refractivity contribution in [2.45, 2.75) is 26.8 Å². The fourth-order valence-electron chi connectivity index (χ4n) is 3.19.